The van der Waals surface area contributed by atoms with Crippen LogP contribution in [0.15, 0.2) is 30.9 Å². The second-order valence-electron chi connectivity index (χ2n) is 8.21. The zero-order chi connectivity index (χ0) is 21.1. The molecule has 3 unspecified atom stereocenters. The molecule has 3 atom stereocenters. The van der Waals surface area contributed by atoms with Gasteiger partial charge in [0.1, 0.15) is 18.5 Å². The maximum absolute atomic E-state index is 14.8. The van der Waals surface area contributed by atoms with Crippen molar-refractivity contribution in [2.75, 3.05) is 24.5 Å². The Bertz CT molecular complexity index is 851. The number of amides is 2. The van der Waals surface area contributed by atoms with Crippen molar-refractivity contribution in [3.8, 4) is 0 Å². The molecular weight excluding hydrogens is 387 g/mol. The number of aromatic nitrogens is 3. The van der Waals surface area contributed by atoms with Crippen molar-refractivity contribution >= 4 is 11.7 Å². The topological polar surface area (TPSA) is 75.5 Å². The molecule has 3 heterocycles. The lowest BCUT2D eigenvalue weighted by molar-refractivity contribution is -0.00539. The maximum atomic E-state index is 14.8. The minimum absolute atomic E-state index is 0.0676. The molecule has 1 aromatic heterocycles. The molecule has 30 heavy (non-hydrogen) atoms. The Morgan fingerprint density at radius 1 is 1.30 bits per heavy atom. The van der Waals surface area contributed by atoms with E-state index < -0.39 is 0 Å². The number of halogens is 1. The van der Waals surface area contributed by atoms with Gasteiger partial charge in [-0.1, -0.05) is 6.07 Å². The normalized spacial score (nSPS) is 24.3. The predicted molar refractivity (Wildman–Crippen MR) is 111 cm³/mol. The summed E-state index contributed by atoms with van der Waals surface area (Å²) < 4.78 is 22.2. The Morgan fingerprint density at radius 2 is 2.10 bits per heavy atom. The summed E-state index contributed by atoms with van der Waals surface area (Å²) in [7, 11) is 0. The molecule has 2 saturated heterocycles. The van der Waals surface area contributed by atoms with Crippen LogP contribution >= 0.6 is 0 Å². The molecule has 0 saturated carbocycles. The fourth-order valence-corrected chi connectivity index (χ4v) is 4.41. The Balaban J connectivity index is 1.34. The molecule has 8 nitrogen and oxygen atoms in total. The van der Waals surface area contributed by atoms with Gasteiger partial charge in [0, 0.05) is 26.2 Å². The summed E-state index contributed by atoms with van der Waals surface area (Å²) in [6.45, 7) is 6.97. The van der Waals surface area contributed by atoms with E-state index in [1.54, 1.807) is 17.1 Å². The van der Waals surface area contributed by atoms with Crippen LogP contribution in [0.1, 0.15) is 32.3 Å². The van der Waals surface area contributed by atoms with Crippen LogP contribution in [0.3, 0.4) is 0 Å². The van der Waals surface area contributed by atoms with Gasteiger partial charge < -0.3 is 19.9 Å². The second kappa shape index (κ2) is 8.99. The van der Waals surface area contributed by atoms with Gasteiger partial charge in [0.05, 0.1) is 30.5 Å². The van der Waals surface area contributed by atoms with E-state index in [1.807, 2.05) is 29.7 Å². The molecule has 0 bridgehead atoms. The third-order valence-electron chi connectivity index (χ3n) is 5.72. The molecular formula is C21H29FN6O2. The average molecular weight is 417 g/mol. The third-order valence-corrected chi connectivity index (χ3v) is 5.72. The van der Waals surface area contributed by atoms with E-state index in [-0.39, 0.29) is 30.1 Å². The minimum atomic E-state index is -0.270. The molecule has 0 spiro atoms. The van der Waals surface area contributed by atoms with E-state index in [0.29, 0.717) is 38.4 Å². The highest BCUT2D eigenvalue weighted by Crippen LogP contribution is 2.25. The van der Waals surface area contributed by atoms with Crippen molar-refractivity contribution in [3.05, 3.63) is 42.2 Å². The van der Waals surface area contributed by atoms with E-state index >= 15 is 0 Å². The number of nitrogens with one attached hydrogen (secondary N) is 1. The van der Waals surface area contributed by atoms with Gasteiger partial charge in [0.15, 0.2) is 0 Å². The number of ether oxygens (including phenoxy) is 1. The Labute approximate surface area is 176 Å². The van der Waals surface area contributed by atoms with E-state index in [1.165, 1.54) is 12.4 Å². The SMILES string of the molecule is CC1CN(c2ccc(CNC(=O)N3CCCC3Cn3cncn3)cc2F)CC(C)O1. The molecule has 2 amide bonds. The predicted octanol–water partition coefficient (Wildman–Crippen LogP) is 2.41. The Morgan fingerprint density at radius 3 is 2.80 bits per heavy atom. The maximum Gasteiger partial charge on any atom is 0.317 e. The number of hydrogen-bond donors (Lipinski definition) is 1. The fraction of sp³-hybridized carbons (Fsp3) is 0.571. The largest absolute Gasteiger partial charge is 0.372 e. The number of rotatable bonds is 5. The summed E-state index contributed by atoms with van der Waals surface area (Å²) >= 11 is 0. The second-order valence-corrected chi connectivity index (χ2v) is 8.21. The zero-order valence-corrected chi connectivity index (χ0v) is 17.5. The molecule has 2 aromatic rings. The standard InChI is InChI=1S/C21H29FN6O2/c1-15-10-26(11-16(2)30-15)20-6-5-17(8-19(20)22)9-24-21(29)28-7-3-4-18(28)12-27-14-23-13-25-27/h5-6,8,13-16,18H,3-4,7,9-12H2,1-2H3,(H,24,29). The summed E-state index contributed by atoms with van der Waals surface area (Å²) in [6.07, 6.45) is 5.19. The summed E-state index contributed by atoms with van der Waals surface area (Å²) in [6, 6.07) is 5.15. The highest BCUT2D eigenvalue weighted by molar-refractivity contribution is 5.74. The number of carbonyl (C=O) groups is 1. The van der Waals surface area contributed by atoms with Crippen LogP contribution in [0.25, 0.3) is 0 Å². The minimum Gasteiger partial charge on any atom is -0.372 e. The molecule has 9 heteroatoms. The van der Waals surface area contributed by atoms with Gasteiger partial charge in [-0.15, -0.1) is 0 Å². The first-order valence-electron chi connectivity index (χ1n) is 10.6. The van der Waals surface area contributed by atoms with Gasteiger partial charge in [-0.2, -0.15) is 5.10 Å². The zero-order valence-electron chi connectivity index (χ0n) is 17.5. The molecule has 162 valence electrons. The smallest absolute Gasteiger partial charge is 0.317 e. The number of benzene rings is 1. The number of morpholine rings is 1. The monoisotopic (exact) mass is 416 g/mol. The number of nitrogens with zero attached hydrogens (tertiary/aromatic N) is 5. The first-order chi connectivity index (χ1) is 14.5. The van der Waals surface area contributed by atoms with E-state index in [9.17, 15) is 9.18 Å². The number of hydrogen-bond acceptors (Lipinski definition) is 5. The molecule has 2 aliphatic rings. The van der Waals surface area contributed by atoms with Crippen molar-refractivity contribution in [1.29, 1.82) is 0 Å². The number of urea groups is 1. The molecule has 4 rings (SSSR count). The third kappa shape index (κ3) is 4.72. The van der Waals surface area contributed by atoms with Crippen LogP contribution < -0.4 is 10.2 Å². The van der Waals surface area contributed by atoms with E-state index in [2.05, 4.69) is 15.4 Å². The number of anilines is 1. The van der Waals surface area contributed by atoms with Crippen molar-refractivity contribution in [2.24, 2.45) is 0 Å². The average Bonchev–Trinajstić information content (AvgIpc) is 3.38. The Hall–Kier alpha value is -2.68. The lowest BCUT2D eigenvalue weighted by Gasteiger charge is -2.37. The molecule has 1 N–H and O–H groups in total. The van der Waals surface area contributed by atoms with E-state index in [4.69, 9.17) is 4.74 Å². The highest BCUT2D eigenvalue weighted by Gasteiger charge is 2.29. The van der Waals surface area contributed by atoms with Crippen molar-refractivity contribution < 1.29 is 13.9 Å². The number of likely N-dealkylation sites (tertiary alicyclic amines) is 1. The highest BCUT2D eigenvalue weighted by atomic mass is 19.1. The van der Waals surface area contributed by atoms with E-state index in [0.717, 1.165) is 18.4 Å². The molecule has 2 aliphatic heterocycles. The first-order valence-corrected chi connectivity index (χ1v) is 10.6. The molecule has 0 radical (unpaired) electrons. The first kappa shape index (κ1) is 20.6. The van der Waals surface area contributed by atoms with Crippen molar-refractivity contribution in [3.63, 3.8) is 0 Å². The summed E-state index contributed by atoms with van der Waals surface area (Å²) in [5.74, 6) is -0.270. The van der Waals surface area contributed by atoms with Crippen LogP contribution in [-0.2, 0) is 17.8 Å². The van der Waals surface area contributed by atoms with Gasteiger partial charge in [-0.3, -0.25) is 4.68 Å². The summed E-state index contributed by atoms with van der Waals surface area (Å²) in [5, 5.41) is 7.06. The van der Waals surface area contributed by atoms with Gasteiger partial charge in [0.25, 0.3) is 0 Å². The summed E-state index contributed by atoms with van der Waals surface area (Å²) in [5.41, 5.74) is 1.32. The lowest BCUT2D eigenvalue weighted by atomic mass is 10.1. The van der Waals surface area contributed by atoms with Crippen LogP contribution in [0.5, 0.6) is 0 Å². The van der Waals surface area contributed by atoms with Gasteiger partial charge in [0.2, 0.25) is 0 Å². The van der Waals surface area contributed by atoms with Crippen LogP contribution in [-0.4, -0.2) is 63.6 Å². The van der Waals surface area contributed by atoms with Gasteiger partial charge >= 0.3 is 6.03 Å². The molecule has 2 fully saturated rings. The van der Waals surface area contributed by atoms with Crippen LogP contribution in [0.4, 0.5) is 14.9 Å². The van der Waals surface area contributed by atoms with Gasteiger partial charge in [-0.05, 0) is 44.4 Å². The van der Waals surface area contributed by atoms with Gasteiger partial charge in [-0.25, -0.2) is 14.2 Å². The van der Waals surface area contributed by atoms with Crippen molar-refractivity contribution in [1.82, 2.24) is 25.0 Å². The van der Waals surface area contributed by atoms with Crippen LogP contribution in [0, 0.1) is 5.82 Å². The van der Waals surface area contributed by atoms with Crippen molar-refractivity contribution in [2.45, 2.75) is 58.0 Å². The Kier molecular flexibility index (Phi) is 6.17. The molecule has 1 aromatic carbocycles. The number of carbonyl (C=O) groups excluding carboxylic acids is 1. The summed E-state index contributed by atoms with van der Waals surface area (Å²) in [4.78, 5) is 20.5. The quantitative estimate of drug-likeness (QED) is 0.810. The molecule has 0 aliphatic carbocycles. The fourth-order valence-electron chi connectivity index (χ4n) is 4.41. The lowest BCUT2D eigenvalue weighted by Crippen LogP contribution is -2.45. The van der Waals surface area contributed by atoms with Crippen LogP contribution in [0.2, 0.25) is 0 Å².